The Morgan fingerprint density at radius 2 is 2.17 bits per heavy atom. The van der Waals surface area contributed by atoms with E-state index in [2.05, 4.69) is 52.5 Å². The second-order valence-electron chi connectivity index (χ2n) is 6.51. The van der Waals surface area contributed by atoms with Crippen LogP contribution >= 0.6 is 11.3 Å². The van der Waals surface area contributed by atoms with Crippen LogP contribution in [0.15, 0.2) is 30.3 Å². The Kier molecular flexibility index (Phi) is 5.63. The Morgan fingerprint density at radius 1 is 1.38 bits per heavy atom. The van der Waals surface area contributed by atoms with Crippen molar-refractivity contribution in [2.24, 2.45) is 5.92 Å². The lowest BCUT2D eigenvalue weighted by atomic mass is 10.1. The predicted molar refractivity (Wildman–Crippen MR) is 99.1 cm³/mol. The number of amides is 1. The molecule has 1 aromatic heterocycles. The number of hydrogen-bond donors (Lipinski definition) is 1. The molecule has 24 heavy (non-hydrogen) atoms. The molecule has 0 fully saturated rings. The van der Waals surface area contributed by atoms with Gasteiger partial charge in [0.15, 0.2) is 5.13 Å². The van der Waals surface area contributed by atoms with Gasteiger partial charge >= 0.3 is 0 Å². The third-order valence-corrected chi connectivity index (χ3v) is 5.46. The summed E-state index contributed by atoms with van der Waals surface area (Å²) in [7, 11) is 0. The van der Waals surface area contributed by atoms with Crippen LogP contribution in [0.25, 0.3) is 0 Å². The number of rotatable bonds is 6. The van der Waals surface area contributed by atoms with Crippen molar-refractivity contribution in [1.29, 1.82) is 0 Å². The Morgan fingerprint density at radius 3 is 2.92 bits per heavy atom. The van der Waals surface area contributed by atoms with Crippen LogP contribution in [0.3, 0.4) is 0 Å². The van der Waals surface area contributed by atoms with Crippen molar-refractivity contribution in [3.63, 3.8) is 0 Å². The fourth-order valence-electron chi connectivity index (χ4n) is 3.07. The summed E-state index contributed by atoms with van der Waals surface area (Å²) in [5.41, 5.74) is 2.50. The molecule has 0 bridgehead atoms. The summed E-state index contributed by atoms with van der Waals surface area (Å²) < 4.78 is 0. The fourth-order valence-corrected chi connectivity index (χ4v) is 4.12. The van der Waals surface area contributed by atoms with Crippen LogP contribution in [0.5, 0.6) is 0 Å². The van der Waals surface area contributed by atoms with E-state index in [0.29, 0.717) is 0 Å². The number of thiazole rings is 1. The summed E-state index contributed by atoms with van der Waals surface area (Å²) in [6, 6.07) is 10.6. The highest BCUT2D eigenvalue weighted by atomic mass is 32.1. The molecular formula is C19H25N3OS. The first-order valence-electron chi connectivity index (χ1n) is 8.71. The van der Waals surface area contributed by atoms with Gasteiger partial charge in [0.2, 0.25) is 5.91 Å². The van der Waals surface area contributed by atoms with Crippen molar-refractivity contribution < 1.29 is 4.79 Å². The summed E-state index contributed by atoms with van der Waals surface area (Å²) >= 11 is 1.63. The maximum absolute atomic E-state index is 12.2. The van der Waals surface area contributed by atoms with Crippen LogP contribution in [0.2, 0.25) is 0 Å². The summed E-state index contributed by atoms with van der Waals surface area (Å²) in [6.07, 6.45) is 2.90. The Bertz CT molecular complexity index is 683. The largest absolute Gasteiger partial charge is 0.302 e. The lowest BCUT2D eigenvalue weighted by Gasteiger charge is -2.25. The van der Waals surface area contributed by atoms with Gasteiger partial charge in [0.25, 0.3) is 0 Å². The Balaban J connectivity index is 1.61. The number of aromatic nitrogens is 1. The van der Waals surface area contributed by atoms with Crippen LogP contribution in [0, 0.1) is 5.92 Å². The van der Waals surface area contributed by atoms with Gasteiger partial charge in [-0.2, -0.15) is 0 Å². The van der Waals surface area contributed by atoms with Crippen molar-refractivity contribution in [2.75, 3.05) is 11.9 Å². The van der Waals surface area contributed by atoms with Gasteiger partial charge in [0.05, 0.1) is 5.69 Å². The second kappa shape index (κ2) is 7.90. The Labute approximate surface area is 147 Å². The molecule has 0 radical (unpaired) electrons. The van der Waals surface area contributed by atoms with E-state index in [-0.39, 0.29) is 11.8 Å². The first kappa shape index (κ1) is 17.1. The maximum atomic E-state index is 12.2. The number of carbonyl (C=O) groups is 1. The molecular weight excluding hydrogens is 318 g/mol. The number of fused-ring (bicyclic) bond motifs is 1. The minimum atomic E-state index is 0.0468. The standard InChI is InChI=1S/C19H25N3OS/c1-3-7-14(2)18(23)21-19-20-16-10-11-22(13-17(16)24-19)12-15-8-5-4-6-9-15/h4-6,8-9,14H,3,7,10-13H2,1-2H3,(H,20,21,23). The second-order valence-corrected chi connectivity index (χ2v) is 7.60. The zero-order chi connectivity index (χ0) is 16.9. The van der Waals surface area contributed by atoms with E-state index in [1.165, 1.54) is 10.4 Å². The zero-order valence-electron chi connectivity index (χ0n) is 14.4. The van der Waals surface area contributed by atoms with Gasteiger partial charge in [-0.15, -0.1) is 11.3 Å². The van der Waals surface area contributed by atoms with E-state index >= 15 is 0 Å². The number of benzene rings is 1. The maximum Gasteiger partial charge on any atom is 0.228 e. The normalized spacial score (nSPS) is 15.8. The van der Waals surface area contributed by atoms with Crippen molar-refractivity contribution >= 4 is 22.4 Å². The van der Waals surface area contributed by atoms with Crippen LogP contribution in [0.1, 0.15) is 42.8 Å². The van der Waals surface area contributed by atoms with E-state index in [1.807, 2.05) is 6.92 Å². The lowest BCUT2D eigenvalue weighted by Crippen LogP contribution is -2.29. The minimum absolute atomic E-state index is 0.0468. The summed E-state index contributed by atoms with van der Waals surface area (Å²) in [6.45, 7) is 6.99. The van der Waals surface area contributed by atoms with Gasteiger partial charge < -0.3 is 5.32 Å². The molecule has 1 amide bonds. The molecule has 3 rings (SSSR count). The van der Waals surface area contributed by atoms with Crippen LogP contribution in [0.4, 0.5) is 5.13 Å². The van der Waals surface area contributed by atoms with E-state index in [1.54, 1.807) is 11.3 Å². The number of nitrogens with one attached hydrogen (secondary N) is 1. The highest BCUT2D eigenvalue weighted by molar-refractivity contribution is 7.15. The topological polar surface area (TPSA) is 45.2 Å². The Hall–Kier alpha value is -1.72. The van der Waals surface area contributed by atoms with Gasteiger partial charge in [-0.25, -0.2) is 4.98 Å². The molecule has 5 heteroatoms. The van der Waals surface area contributed by atoms with Crippen LogP contribution < -0.4 is 5.32 Å². The molecule has 0 saturated carbocycles. The van der Waals surface area contributed by atoms with Gasteiger partial charge in [-0.1, -0.05) is 50.6 Å². The van der Waals surface area contributed by atoms with E-state index < -0.39 is 0 Å². The SMILES string of the molecule is CCCC(C)C(=O)Nc1nc2c(s1)CN(Cc1ccccc1)CC2. The van der Waals surface area contributed by atoms with Gasteiger partial charge in [0.1, 0.15) is 0 Å². The first-order valence-corrected chi connectivity index (χ1v) is 9.53. The first-order chi connectivity index (χ1) is 11.7. The van der Waals surface area contributed by atoms with Gasteiger partial charge in [-0.05, 0) is 12.0 Å². The van der Waals surface area contributed by atoms with Crippen molar-refractivity contribution in [3.8, 4) is 0 Å². The molecule has 2 aromatic rings. The minimum Gasteiger partial charge on any atom is -0.302 e. The average Bonchev–Trinajstić information content (AvgIpc) is 2.97. The molecule has 1 atom stereocenters. The molecule has 1 N–H and O–H groups in total. The molecule has 4 nitrogen and oxygen atoms in total. The molecule has 0 saturated heterocycles. The van der Waals surface area contributed by atoms with Crippen molar-refractivity contribution in [2.45, 2.75) is 46.2 Å². The average molecular weight is 343 g/mol. The van der Waals surface area contributed by atoms with E-state index in [9.17, 15) is 4.79 Å². The van der Waals surface area contributed by atoms with Crippen LogP contribution in [-0.4, -0.2) is 22.3 Å². The summed E-state index contributed by atoms with van der Waals surface area (Å²) in [4.78, 5) is 20.5. The van der Waals surface area contributed by atoms with E-state index in [0.717, 1.165) is 49.7 Å². The fraction of sp³-hybridized carbons (Fsp3) is 0.474. The molecule has 2 heterocycles. The molecule has 0 aliphatic carbocycles. The highest BCUT2D eigenvalue weighted by Gasteiger charge is 2.22. The molecule has 0 spiro atoms. The molecule has 1 unspecified atom stereocenters. The third kappa shape index (κ3) is 4.22. The third-order valence-electron chi connectivity index (χ3n) is 4.46. The zero-order valence-corrected chi connectivity index (χ0v) is 15.2. The van der Waals surface area contributed by atoms with Crippen molar-refractivity contribution in [1.82, 2.24) is 9.88 Å². The van der Waals surface area contributed by atoms with Crippen LogP contribution in [-0.2, 0) is 24.3 Å². The predicted octanol–water partition coefficient (Wildman–Crippen LogP) is 4.08. The lowest BCUT2D eigenvalue weighted by molar-refractivity contribution is -0.119. The number of hydrogen-bond acceptors (Lipinski definition) is 4. The highest BCUT2D eigenvalue weighted by Crippen LogP contribution is 2.29. The summed E-state index contributed by atoms with van der Waals surface area (Å²) in [5.74, 6) is 0.134. The molecule has 1 aliphatic heterocycles. The quantitative estimate of drug-likeness (QED) is 0.860. The van der Waals surface area contributed by atoms with Gasteiger partial charge in [0, 0.05) is 36.9 Å². The summed E-state index contributed by atoms with van der Waals surface area (Å²) in [5, 5.41) is 3.76. The van der Waals surface area contributed by atoms with Gasteiger partial charge in [-0.3, -0.25) is 9.69 Å². The monoisotopic (exact) mass is 343 g/mol. The number of carbonyl (C=O) groups excluding carboxylic acids is 1. The molecule has 1 aliphatic rings. The van der Waals surface area contributed by atoms with Crippen molar-refractivity contribution in [3.05, 3.63) is 46.5 Å². The molecule has 1 aromatic carbocycles. The molecule has 128 valence electrons. The van der Waals surface area contributed by atoms with E-state index in [4.69, 9.17) is 0 Å². The number of nitrogens with zero attached hydrogens (tertiary/aromatic N) is 2. The number of anilines is 1. The smallest absolute Gasteiger partial charge is 0.228 e.